The maximum Gasteiger partial charge on any atom is 0.120 e. The molecule has 19 heavy (non-hydrogen) atoms. The number of rotatable bonds is 3. The molecule has 1 atom stereocenters. The second-order valence-corrected chi connectivity index (χ2v) is 5.21. The van der Waals surface area contributed by atoms with E-state index in [0.717, 1.165) is 25.0 Å². The van der Waals surface area contributed by atoms with Crippen LogP contribution in [-0.4, -0.2) is 6.04 Å². The van der Waals surface area contributed by atoms with Crippen LogP contribution in [0.4, 0.5) is 0 Å². The standard InChI is InChI=1S/C17H19NO/c18-16-8-6-15-11-17(9-7-14(15)10-16)19-12-13-4-2-1-3-5-13/h1-5,7,9,11,16H,6,8,10,12,18H2. The van der Waals surface area contributed by atoms with Crippen molar-refractivity contribution in [1.82, 2.24) is 0 Å². The minimum atomic E-state index is 0.323. The molecular weight excluding hydrogens is 234 g/mol. The number of nitrogens with two attached hydrogens (primary N) is 1. The first kappa shape index (κ1) is 12.2. The zero-order chi connectivity index (χ0) is 13.1. The lowest BCUT2D eigenvalue weighted by molar-refractivity contribution is 0.305. The van der Waals surface area contributed by atoms with Gasteiger partial charge in [0, 0.05) is 6.04 Å². The van der Waals surface area contributed by atoms with Crippen LogP contribution in [0.3, 0.4) is 0 Å². The Morgan fingerprint density at radius 1 is 1.05 bits per heavy atom. The van der Waals surface area contributed by atoms with E-state index in [-0.39, 0.29) is 0 Å². The summed E-state index contributed by atoms with van der Waals surface area (Å²) >= 11 is 0. The fraction of sp³-hybridized carbons (Fsp3) is 0.294. The molecule has 3 rings (SSSR count). The van der Waals surface area contributed by atoms with Gasteiger partial charge in [0.25, 0.3) is 0 Å². The van der Waals surface area contributed by atoms with Crippen molar-refractivity contribution in [2.24, 2.45) is 5.73 Å². The molecule has 2 aromatic carbocycles. The molecule has 1 aliphatic rings. The summed E-state index contributed by atoms with van der Waals surface area (Å²) in [4.78, 5) is 0. The Labute approximate surface area is 114 Å². The predicted octanol–water partition coefficient (Wildman–Crippen LogP) is 3.08. The number of fused-ring (bicyclic) bond motifs is 1. The number of benzene rings is 2. The molecule has 1 aliphatic carbocycles. The number of hydrogen-bond donors (Lipinski definition) is 1. The normalized spacial score (nSPS) is 17.8. The number of hydrogen-bond acceptors (Lipinski definition) is 2. The first-order chi connectivity index (χ1) is 9.31. The molecule has 2 aromatic rings. The second kappa shape index (κ2) is 5.45. The summed E-state index contributed by atoms with van der Waals surface area (Å²) < 4.78 is 5.85. The molecule has 0 aliphatic heterocycles. The molecule has 98 valence electrons. The third kappa shape index (κ3) is 2.96. The molecule has 0 saturated heterocycles. The number of ether oxygens (including phenoxy) is 1. The minimum absolute atomic E-state index is 0.323. The number of aryl methyl sites for hydroxylation is 1. The highest BCUT2D eigenvalue weighted by Gasteiger charge is 2.15. The maximum atomic E-state index is 5.99. The molecule has 0 heterocycles. The van der Waals surface area contributed by atoms with Gasteiger partial charge in [-0.2, -0.15) is 0 Å². The molecule has 0 radical (unpaired) electrons. The van der Waals surface area contributed by atoms with E-state index >= 15 is 0 Å². The summed E-state index contributed by atoms with van der Waals surface area (Å²) in [7, 11) is 0. The maximum absolute atomic E-state index is 5.99. The minimum Gasteiger partial charge on any atom is -0.489 e. The second-order valence-electron chi connectivity index (χ2n) is 5.21. The fourth-order valence-electron chi connectivity index (χ4n) is 2.59. The molecule has 0 saturated carbocycles. The van der Waals surface area contributed by atoms with Crippen LogP contribution in [0.2, 0.25) is 0 Å². The lowest BCUT2D eigenvalue weighted by Gasteiger charge is -2.22. The predicted molar refractivity (Wildman–Crippen MR) is 77.2 cm³/mol. The summed E-state index contributed by atoms with van der Waals surface area (Å²) in [6.07, 6.45) is 3.14. The van der Waals surface area contributed by atoms with Crippen LogP contribution in [0.1, 0.15) is 23.1 Å². The fourth-order valence-corrected chi connectivity index (χ4v) is 2.59. The van der Waals surface area contributed by atoms with E-state index in [0.29, 0.717) is 12.6 Å². The van der Waals surface area contributed by atoms with Crippen LogP contribution in [0.25, 0.3) is 0 Å². The Hall–Kier alpha value is -1.80. The zero-order valence-corrected chi connectivity index (χ0v) is 11.0. The topological polar surface area (TPSA) is 35.2 Å². The third-order valence-electron chi connectivity index (χ3n) is 3.69. The van der Waals surface area contributed by atoms with Gasteiger partial charge in [0.15, 0.2) is 0 Å². The molecule has 0 fully saturated rings. The van der Waals surface area contributed by atoms with Gasteiger partial charge in [0.05, 0.1) is 0 Å². The van der Waals surface area contributed by atoms with E-state index < -0.39 is 0 Å². The van der Waals surface area contributed by atoms with Crippen molar-refractivity contribution in [3.05, 3.63) is 65.2 Å². The lowest BCUT2D eigenvalue weighted by Crippen LogP contribution is -2.27. The first-order valence-corrected chi connectivity index (χ1v) is 6.85. The van der Waals surface area contributed by atoms with Crippen molar-refractivity contribution < 1.29 is 4.74 Å². The van der Waals surface area contributed by atoms with Crippen LogP contribution >= 0.6 is 0 Å². The van der Waals surface area contributed by atoms with Crippen LogP contribution in [0.5, 0.6) is 5.75 Å². The van der Waals surface area contributed by atoms with Gasteiger partial charge in [-0.05, 0) is 48.1 Å². The SMILES string of the molecule is NC1CCc2cc(OCc3ccccc3)ccc2C1. The summed E-state index contributed by atoms with van der Waals surface area (Å²) in [5.74, 6) is 0.957. The average molecular weight is 253 g/mol. The van der Waals surface area contributed by atoms with Crippen LogP contribution in [0.15, 0.2) is 48.5 Å². The van der Waals surface area contributed by atoms with E-state index in [2.05, 4.69) is 30.3 Å². The molecule has 2 N–H and O–H groups in total. The van der Waals surface area contributed by atoms with Crippen LogP contribution < -0.4 is 10.5 Å². The Bertz CT molecular complexity index is 550. The lowest BCUT2D eigenvalue weighted by atomic mass is 9.89. The molecule has 0 aromatic heterocycles. The summed E-state index contributed by atoms with van der Waals surface area (Å²) in [5, 5.41) is 0. The molecule has 0 bridgehead atoms. The van der Waals surface area contributed by atoms with Crippen molar-refractivity contribution in [3.8, 4) is 5.75 Å². The third-order valence-corrected chi connectivity index (χ3v) is 3.69. The molecule has 2 heteroatoms. The Balaban J connectivity index is 1.69. The highest BCUT2D eigenvalue weighted by atomic mass is 16.5. The van der Waals surface area contributed by atoms with E-state index in [1.54, 1.807) is 0 Å². The summed E-state index contributed by atoms with van der Waals surface area (Å²) in [5.41, 5.74) is 9.96. The Morgan fingerprint density at radius 2 is 1.89 bits per heavy atom. The van der Waals surface area contributed by atoms with Crippen molar-refractivity contribution >= 4 is 0 Å². The van der Waals surface area contributed by atoms with E-state index in [9.17, 15) is 0 Å². The van der Waals surface area contributed by atoms with Crippen molar-refractivity contribution in [2.45, 2.75) is 31.9 Å². The van der Waals surface area contributed by atoms with Gasteiger partial charge in [-0.3, -0.25) is 0 Å². The zero-order valence-electron chi connectivity index (χ0n) is 11.0. The smallest absolute Gasteiger partial charge is 0.120 e. The van der Waals surface area contributed by atoms with E-state index in [4.69, 9.17) is 10.5 Å². The van der Waals surface area contributed by atoms with Gasteiger partial charge in [0.1, 0.15) is 12.4 Å². The average Bonchev–Trinajstić information content (AvgIpc) is 2.46. The van der Waals surface area contributed by atoms with Crippen LogP contribution in [-0.2, 0) is 19.4 Å². The largest absolute Gasteiger partial charge is 0.489 e. The molecule has 1 unspecified atom stereocenters. The highest BCUT2D eigenvalue weighted by molar-refractivity contribution is 5.38. The van der Waals surface area contributed by atoms with Gasteiger partial charge >= 0.3 is 0 Å². The van der Waals surface area contributed by atoms with Crippen molar-refractivity contribution in [3.63, 3.8) is 0 Å². The molecule has 0 amide bonds. The quantitative estimate of drug-likeness (QED) is 0.912. The van der Waals surface area contributed by atoms with Crippen molar-refractivity contribution in [1.29, 1.82) is 0 Å². The van der Waals surface area contributed by atoms with Gasteiger partial charge in [-0.25, -0.2) is 0 Å². The molecule has 2 nitrogen and oxygen atoms in total. The highest BCUT2D eigenvalue weighted by Crippen LogP contribution is 2.25. The van der Waals surface area contributed by atoms with Crippen molar-refractivity contribution in [2.75, 3.05) is 0 Å². The molecule has 0 spiro atoms. The van der Waals surface area contributed by atoms with Gasteiger partial charge < -0.3 is 10.5 Å². The van der Waals surface area contributed by atoms with E-state index in [1.807, 2.05) is 18.2 Å². The van der Waals surface area contributed by atoms with Crippen LogP contribution in [0, 0.1) is 0 Å². The van der Waals surface area contributed by atoms with Gasteiger partial charge in [-0.15, -0.1) is 0 Å². The monoisotopic (exact) mass is 253 g/mol. The van der Waals surface area contributed by atoms with Gasteiger partial charge in [-0.1, -0.05) is 36.4 Å². The summed E-state index contributed by atoms with van der Waals surface area (Å²) in [6.45, 7) is 0.624. The summed E-state index contributed by atoms with van der Waals surface area (Å²) in [6, 6.07) is 17.0. The van der Waals surface area contributed by atoms with Gasteiger partial charge in [0.2, 0.25) is 0 Å². The molecular formula is C17H19NO. The Kier molecular flexibility index (Phi) is 3.51. The Morgan fingerprint density at radius 3 is 2.74 bits per heavy atom. The van der Waals surface area contributed by atoms with E-state index in [1.165, 1.54) is 16.7 Å². The first-order valence-electron chi connectivity index (χ1n) is 6.85.